The van der Waals surface area contributed by atoms with Crippen LogP contribution in [0.2, 0.25) is 0 Å². The molecule has 1 aromatic carbocycles. The van der Waals surface area contributed by atoms with Crippen molar-refractivity contribution >= 4 is 29.3 Å². The number of carboxylic acids is 1. The van der Waals surface area contributed by atoms with E-state index in [0.717, 1.165) is 18.2 Å². The fourth-order valence-corrected chi connectivity index (χ4v) is 1.37. The molecule has 0 aliphatic carbocycles. The van der Waals surface area contributed by atoms with Crippen LogP contribution in [-0.2, 0) is 4.79 Å². The van der Waals surface area contributed by atoms with Gasteiger partial charge in [0.2, 0.25) is 5.91 Å². The van der Waals surface area contributed by atoms with Gasteiger partial charge in [-0.2, -0.15) is 11.8 Å². The van der Waals surface area contributed by atoms with Gasteiger partial charge in [0, 0.05) is 0 Å². The number of aromatic carboxylic acids is 1. The summed E-state index contributed by atoms with van der Waals surface area (Å²) in [5, 5.41) is 10.8. The van der Waals surface area contributed by atoms with Crippen LogP contribution < -0.4 is 5.32 Å². The Labute approximate surface area is 102 Å². The number of hydrogen-bond acceptors (Lipinski definition) is 3. The van der Waals surface area contributed by atoms with Crippen LogP contribution in [0.15, 0.2) is 18.2 Å². The number of hydrogen-bond donors (Lipinski definition) is 2. The number of benzene rings is 1. The Kier molecular flexibility index (Phi) is 4.51. The molecule has 0 saturated carbocycles. The third-order valence-corrected chi connectivity index (χ3v) is 3.12. The first-order chi connectivity index (χ1) is 7.95. The molecule has 17 heavy (non-hydrogen) atoms. The molecule has 0 spiro atoms. The van der Waals surface area contributed by atoms with Gasteiger partial charge in [-0.25, -0.2) is 9.18 Å². The van der Waals surface area contributed by atoms with Gasteiger partial charge >= 0.3 is 5.97 Å². The molecule has 2 N–H and O–H groups in total. The van der Waals surface area contributed by atoms with E-state index in [4.69, 9.17) is 5.11 Å². The molecule has 0 aliphatic heterocycles. The van der Waals surface area contributed by atoms with E-state index in [2.05, 4.69) is 5.32 Å². The second-order valence-corrected chi connectivity index (χ2v) is 4.55. The first-order valence-corrected chi connectivity index (χ1v) is 6.11. The topological polar surface area (TPSA) is 66.4 Å². The van der Waals surface area contributed by atoms with E-state index < -0.39 is 11.8 Å². The molecule has 0 radical (unpaired) electrons. The van der Waals surface area contributed by atoms with Crippen molar-refractivity contribution < 1.29 is 19.1 Å². The molecule has 4 nitrogen and oxygen atoms in total. The third kappa shape index (κ3) is 3.45. The predicted molar refractivity (Wildman–Crippen MR) is 65.0 cm³/mol. The van der Waals surface area contributed by atoms with Crippen molar-refractivity contribution in [3.8, 4) is 0 Å². The first-order valence-electron chi connectivity index (χ1n) is 4.82. The van der Waals surface area contributed by atoms with Crippen LogP contribution in [0.4, 0.5) is 10.1 Å². The van der Waals surface area contributed by atoms with Crippen LogP contribution in [0.25, 0.3) is 0 Å². The molecule has 0 bridgehead atoms. The average molecular weight is 257 g/mol. The van der Waals surface area contributed by atoms with Crippen LogP contribution in [0.1, 0.15) is 17.3 Å². The maximum absolute atomic E-state index is 13.3. The zero-order valence-corrected chi connectivity index (χ0v) is 10.2. The molecule has 0 aromatic heterocycles. The number of halogens is 1. The number of thioether (sulfide) groups is 1. The summed E-state index contributed by atoms with van der Waals surface area (Å²) in [6.07, 6.45) is 1.76. The van der Waals surface area contributed by atoms with Crippen molar-refractivity contribution in [2.45, 2.75) is 12.2 Å². The van der Waals surface area contributed by atoms with E-state index in [1.165, 1.54) is 11.8 Å². The lowest BCUT2D eigenvalue weighted by Gasteiger charge is -2.10. The summed E-state index contributed by atoms with van der Waals surface area (Å²) in [5.41, 5.74) is -0.186. The van der Waals surface area contributed by atoms with Crippen molar-refractivity contribution in [2.24, 2.45) is 0 Å². The van der Waals surface area contributed by atoms with Gasteiger partial charge in [-0.15, -0.1) is 0 Å². The Bertz CT molecular complexity index is 450. The number of carbonyl (C=O) groups is 2. The van der Waals surface area contributed by atoms with Gasteiger partial charge in [-0.1, -0.05) is 0 Å². The number of carboxylic acid groups (broad SMARTS) is 1. The molecular weight excluding hydrogens is 245 g/mol. The van der Waals surface area contributed by atoms with Crippen molar-refractivity contribution in [1.82, 2.24) is 0 Å². The summed E-state index contributed by atoms with van der Waals surface area (Å²) in [6, 6.07) is 3.26. The van der Waals surface area contributed by atoms with Gasteiger partial charge in [0.25, 0.3) is 0 Å². The number of amides is 1. The van der Waals surface area contributed by atoms with Gasteiger partial charge in [0.05, 0.1) is 16.5 Å². The van der Waals surface area contributed by atoms with Gasteiger partial charge in [-0.3, -0.25) is 4.79 Å². The lowest BCUT2D eigenvalue weighted by Crippen LogP contribution is -2.22. The number of rotatable bonds is 4. The molecule has 0 heterocycles. The Morgan fingerprint density at radius 3 is 2.65 bits per heavy atom. The second-order valence-electron chi connectivity index (χ2n) is 3.37. The Morgan fingerprint density at radius 1 is 1.47 bits per heavy atom. The molecule has 1 rings (SSSR count). The summed E-state index contributed by atoms with van der Waals surface area (Å²) >= 11 is 1.32. The molecular formula is C11H12FNO3S. The van der Waals surface area contributed by atoms with Crippen LogP contribution in [0, 0.1) is 5.82 Å². The van der Waals surface area contributed by atoms with E-state index in [1.54, 1.807) is 13.2 Å². The summed E-state index contributed by atoms with van der Waals surface area (Å²) in [7, 11) is 0. The van der Waals surface area contributed by atoms with Gasteiger partial charge in [-0.05, 0) is 31.4 Å². The van der Waals surface area contributed by atoms with E-state index in [9.17, 15) is 14.0 Å². The predicted octanol–water partition coefficient (Wildman–Crippen LogP) is 2.21. The average Bonchev–Trinajstić information content (AvgIpc) is 2.30. The maximum Gasteiger partial charge on any atom is 0.335 e. The Hall–Kier alpha value is -1.56. The molecule has 1 aromatic rings. The highest BCUT2D eigenvalue weighted by atomic mass is 32.2. The van der Waals surface area contributed by atoms with Crippen LogP contribution in [0.3, 0.4) is 0 Å². The highest BCUT2D eigenvalue weighted by Crippen LogP contribution is 2.18. The molecule has 0 saturated heterocycles. The van der Waals surface area contributed by atoms with E-state index in [0.29, 0.717) is 0 Å². The number of nitrogens with one attached hydrogen (secondary N) is 1. The van der Waals surface area contributed by atoms with Gasteiger partial charge in [0.15, 0.2) is 0 Å². The summed E-state index contributed by atoms with van der Waals surface area (Å²) in [5.74, 6) is -2.19. The molecule has 92 valence electrons. The molecule has 0 fully saturated rings. The largest absolute Gasteiger partial charge is 0.478 e. The van der Waals surface area contributed by atoms with Crippen molar-refractivity contribution in [2.75, 3.05) is 11.6 Å². The fourth-order valence-electron chi connectivity index (χ4n) is 1.10. The van der Waals surface area contributed by atoms with Crippen molar-refractivity contribution in [3.05, 3.63) is 29.6 Å². The Morgan fingerprint density at radius 2 is 2.12 bits per heavy atom. The SMILES string of the molecule is CSC(C)C(=O)Nc1cc(C(=O)O)ccc1F. The van der Waals surface area contributed by atoms with Crippen LogP contribution >= 0.6 is 11.8 Å². The van der Waals surface area contributed by atoms with Crippen LogP contribution in [-0.4, -0.2) is 28.5 Å². The lowest BCUT2D eigenvalue weighted by molar-refractivity contribution is -0.115. The fraction of sp³-hybridized carbons (Fsp3) is 0.273. The first kappa shape index (κ1) is 13.5. The Balaban J connectivity index is 2.94. The number of carbonyl (C=O) groups excluding carboxylic acids is 1. The number of anilines is 1. The minimum atomic E-state index is -1.17. The minimum Gasteiger partial charge on any atom is -0.478 e. The standard InChI is InChI=1S/C11H12FNO3S/c1-6(17-2)10(14)13-9-5-7(11(15)16)3-4-8(9)12/h3-6H,1-2H3,(H,13,14)(H,15,16). The van der Waals surface area contributed by atoms with Gasteiger partial charge < -0.3 is 10.4 Å². The van der Waals surface area contributed by atoms with Crippen LogP contribution in [0.5, 0.6) is 0 Å². The summed E-state index contributed by atoms with van der Waals surface area (Å²) < 4.78 is 13.3. The summed E-state index contributed by atoms with van der Waals surface area (Å²) in [6.45, 7) is 1.68. The zero-order valence-electron chi connectivity index (χ0n) is 9.36. The maximum atomic E-state index is 13.3. The van der Waals surface area contributed by atoms with E-state index in [1.807, 2.05) is 0 Å². The molecule has 0 aliphatic rings. The monoisotopic (exact) mass is 257 g/mol. The molecule has 1 unspecified atom stereocenters. The molecule has 6 heteroatoms. The quantitative estimate of drug-likeness (QED) is 0.868. The smallest absolute Gasteiger partial charge is 0.335 e. The molecule has 1 atom stereocenters. The van der Waals surface area contributed by atoms with Crippen molar-refractivity contribution in [1.29, 1.82) is 0 Å². The second kappa shape index (κ2) is 5.67. The highest BCUT2D eigenvalue weighted by Gasteiger charge is 2.15. The zero-order chi connectivity index (χ0) is 13.0. The lowest BCUT2D eigenvalue weighted by atomic mass is 10.2. The van der Waals surface area contributed by atoms with E-state index in [-0.39, 0.29) is 22.4 Å². The molecule has 1 amide bonds. The highest BCUT2D eigenvalue weighted by molar-refractivity contribution is 7.99. The van der Waals surface area contributed by atoms with E-state index >= 15 is 0 Å². The summed E-state index contributed by atoms with van der Waals surface area (Å²) in [4.78, 5) is 22.2. The normalized spacial score (nSPS) is 11.9. The van der Waals surface area contributed by atoms with Crippen molar-refractivity contribution in [3.63, 3.8) is 0 Å². The third-order valence-electron chi connectivity index (χ3n) is 2.19. The minimum absolute atomic E-state index is 0.0708. The van der Waals surface area contributed by atoms with Gasteiger partial charge in [0.1, 0.15) is 5.82 Å².